The van der Waals surface area contributed by atoms with E-state index in [1.807, 2.05) is 29.2 Å². The molecule has 1 fully saturated rings. The molecule has 0 bridgehead atoms. The maximum Gasteiger partial charge on any atom is 0.174 e. The number of hydrogen-bond donors (Lipinski definition) is 1. The van der Waals surface area contributed by atoms with Gasteiger partial charge in [-0.1, -0.05) is 25.5 Å². The van der Waals surface area contributed by atoms with E-state index in [-0.39, 0.29) is 17.5 Å². The average Bonchev–Trinajstić information content (AvgIpc) is 3.28. The highest BCUT2D eigenvalue weighted by Crippen LogP contribution is 2.22. The average molecular weight is 407 g/mol. The topological polar surface area (TPSA) is 62.6 Å². The number of furan rings is 1. The van der Waals surface area contributed by atoms with Crippen LogP contribution >= 0.6 is 12.2 Å². The number of aryl methyl sites for hydroxylation is 1. The molecule has 1 aliphatic rings. The molecular weight excluding hydrogens is 380 g/mol. The lowest BCUT2D eigenvalue weighted by molar-refractivity contribution is 0.302. The molecule has 2 aromatic rings. The molecule has 2 heterocycles. The highest BCUT2D eigenvalue weighted by atomic mass is 32.2. The van der Waals surface area contributed by atoms with Crippen LogP contribution in [0.5, 0.6) is 0 Å². The minimum Gasteiger partial charge on any atom is -0.467 e. The third-order valence-corrected chi connectivity index (χ3v) is 6.93. The van der Waals surface area contributed by atoms with Crippen LogP contribution in [0.1, 0.15) is 37.5 Å². The summed E-state index contributed by atoms with van der Waals surface area (Å²) in [5.41, 5.74) is 2.22. The lowest BCUT2D eigenvalue weighted by Crippen LogP contribution is -2.42. The van der Waals surface area contributed by atoms with Gasteiger partial charge in [-0.25, -0.2) is 8.42 Å². The zero-order valence-electron chi connectivity index (χ0n) is 15.6. The summed E-state index contributed by atoms with van der Waals surface area (Å²) in [6, 6.07) is 11.8. The minimum absolute atomic E-state index is 0.130. The zero-order chi connectivity index (χ0) is 19.3. The Hall–Kier alpha value is -1.86. The summed E-state index contributed by atoms with van der Waals surface area (Å²) < 4.78 is 29.3. The van der Waals surface area contributed by atoms with Crippen molar-refractivity contribution in [3.8, 4) is 0 Å². The zero-order valence-corrected chi connectivity index (χ0v) is 17.2. The molecule has 3 rings (SSSR count). The van der Waals surface area contributed by atoms with Gasteiger partial charge in [0.25, 0.3) is 0 Å². The van der Waals surface area contributed by atoms with Crippen LogP contribution in [0.15, 0.2) is 47.1 Å². The molecule has 1 aromatic heterocycles. The Kier molecular flexibility index (Phi) is 6.55. The molecule has 1 aromatic carbocycles. The van der Waals surface area contributed by atoms with E-state index in [9.17, 15) is 8.42 Å². The van der Waals surface area contributed by atoms with Gasteiger partial charge in [0.15, 0.2) is 14.9 Å². The fourth-order valence-electron chi connectivity index (χ4n) is 3.29. The largest absolute Gasteiger partial charge is 0.467 e. The number of anilines is 1. The number of hydrogen-bond acceptors (Lipinski definition) is 4. The quantitative estimate of drug-likeness (QED) is 0.701. The first-order chi connectivity index (χ1) is 13.0. The molecule has 0 unspecified atom stereocenters. The Morgan fingerprint density at radius 2 is 2.07 bits per heavy atom. The van der Waals surface area contributed by atoms with Gasteiger partial charge in [-0.15, -0.1) is 0 Å². The Balaban J connectivity index is 1.70. The molecule has 1 atom stereocenters. The van der Waals surface area contributed by atoms with Gasteiger partial charge in [-0.2, -0.15) is 0 Å². The summed E-state index contributed by atoms with van der Waals surface area (Å²) in [7, 11) is -3.00. The molecule has 1 aliphatic heterocycles. The predicted octanol–water partition coefficient (Wildman–Crippen LogP) is 4.01. The highest BCUT2D eigenvalue weighted by molar-refractivity contribution is 7.91. The normalized spacial score (nSPS) is 18.3. The van der Waals surface area contributed by atoms with Crippen LogP contribution in [0, 0.1) is 0 Å². The van der Waals surface area contributed by atoms with E-state index in [1.165, 1.54) is 18.4 Å². The van der Waals surface area contributed by atoms with Gasteiger partial charge in [0.1, 0.15) is 5.76 Å². The van der Waals surface area contributed by atoms with Crippen LogP contribution < -0.4 is 5.32 Å². The number of rotatable bonds is 7. The molecular formula is C20H26N2O3S2. The van der Waals surface area contributed by atoms with E-state index in [4.69, 9.17) is 16.6 Å². The summed E-state index contributed by atoms with van der Waals surface area (Å²) in [6.45, 7) is 2.64. The Morgan fingerprint density at radius 1 is 1.30 bits per heavy atom. The van der Waals surface area contributed by atoms with Gasteiger partial charge >= 0.3 is 0 Å². The summed E-state index contributed by atoms with van der Waals surface area (Å²) in [5.74, 6) is 1.10. The van der Waals surface area contributed by atoms with Gasteiger partial charge in [0.05, 0.1) is 24.3 Å². The SMILES string of the molecule is CCCCc1ccc(NC(=S)N(Cc2ccco2)[C@H]2CCS(=O)(=O)C2)cc1. The molecule has 27 heavy (non-hydrogen) atoms. The van der Waals surface area contributed by atoms with Gasteiger partial charge in [-0.05, 0) is 61.3 Å². The van der Waals surface area contributed by atoms with Crippen molar-refractivity contribution >= 4 is 32.9 Å². The fraction of sp³-hybridized carbons (Fsp3) is 0.450. The lowest BCUT2D eigenvalue weighted by atomic mass is 10.1. The van der Waals surface area contributed by atoms with Crippen LogP contribution in [-0.4, -0.2) is 36.0 Å². The van der Waals surface area contributed by atoms with E-state index in [1.54, 1.807) is 6.26 Å². The Morgan fingerprint density at radius 3 is 2.67 bits per heavy atom. The van der Waals surface area contributed by atoms with E-state index >= 15 is 0 Å². The second kappa shape index (κ2) is 8.89. The van der Waals surface area contributed by atoms with Crippen LogP contribution in [0.2, 0.25) is 0 Å². The highest BCUT2D eigenvalue weighted by Gasteiger charge is 2.34. The van der Waals surface area contributed by atoms with Crippen molar-refractivity contribution in [3.63, 3.8) is 0 Å². The van der Waals surface area contributed by atoms with Crippen molar-refractivity contribution in [1.82, 2.24) is 4.90 Å². The van der Waals surface area contributed by atoms with Crippen molar-refractivity contribution in [2.45, 2.75) is 45.2 Å². The van der Waals surface area contributed by atoms with E-state index in [0.717, 1.165) is 17.9 Å². The summed E-state index contributed by atoms with van der Waals surface area (Å²) >= 11 is 5.62. The van der Waals surface area contributed by atoms with Crippen molar-refractivity contribution in [2.24, 2.45) is 0 Å². The van der Waals surface area contributed by atoms with Crippen LogP contribution in [0.25, 0.3) is 0 Å². The molecule has 0 saturated carbocycles. The predicted molar refractivity (Wildman–Crippen MR) is 113 cm³/mol. The maximum absolute atomic E-state index is 11.9. The van der Waals surface area contributed by atoms with Gasteiger partial charge < -0.3 is 14.6 Å². The van der Waals surface area contributed by atoms with Crippen molar-refractivity contribution < 1.29 is 12.8 Å². The third kappa shape index (κ3) is 5.56. The molecule has 0 aliphatic carbocycles. The fourth-order valence-corrected chi connectivity index (χ4v) is 5.35. The molecule has 1 N–H and O–H groups in total. The summed E-state index contributed by atoms with van der Waals surface area (Å²) in [5, 5.41) is 3.79. The number of nitrogens with one attached hydrogen (secondary N) is 1. The first kappa shape index (κ1) is 19.9. The smallest absolute Gasteiger partial charge is 0.174 e. The van der Waals surface area contributed by atoms with Crippen molar-refractivity contribution in [1.29, 1.82) is 0 Å². The molecule has 146 valence electrons. The standard InChI is InChI=1S/C20H26N2O3S2/c1-2-3-5-16-7-9-17(10-8-16)21-20(26)22(14-19-6-4-12-25-19)18-11-13-27(23,24)15-18/h4,6-10,12,18H,2-3,5,11,13-15H2,1H3,(H,21,26)/t18-/m0/s1. The Labute approximate surface area is 166 Å². The van der Waals surface area contributed by atoms with Crippen molar-refractivity contribution in [3.05, 3.63) is 54.0 Å². The molecule has 0 amide bonds. The number of nitrogens with zero attached hydrogens (tertiary/aromatic N) is 1. The molecule has 0 radical (unpaired) electrons. The lowest BCUT2D eigenvalue weighted by Gasteiger charge is -2.30. The van der Waals surface area contributed by atoms with Crippen molar-refractivity contribution in [2.75, 3.05) is 16.8 Å². The molecule has 7 heteroatoms. The maximum atomic E-state index is 11.9. The van der Waals surface area contributed by atoms with Crippen LogP contribution in [0.4, 0.5) is 5.69 Å². The number of thiocarbonyl (C=S) groups is 1. The second-order valence-electron chi connectivity index (χ2n) is 6.99. The summed E-state index contributed by atoms with van der Waals surface area (Å²) in [4.78, 5) is 1.93. The van der Waals surface area contributed by atoms with E-state index in [0.29, 0.717) is 18.1 Å². The van der Waals surface area contributed by atoms with Gasteiger partial charge in [-0.3, -0.25) is 0 Å². The molecule has 1 saturated heterocycles. The second-order valence-corrected chi connectivity index (χ2v) is 9.61. The van der Waals surface area contributed by atoms with Gasteiger partial charge in [0, 0.05) is 11.7 Å². The number of benzene rings is 1. The van der Waals surface area contributed by atoms with Crippen LogP contribution in [-0.2, 0) is 22.8 Å². The van der Waals surface area contributed by atoms with Gasteiger partial charge in [0.2, 0.25) is 0 Å². The molecule has 5 nitrogen and oxygen atoms in total. The molecule has 0 spiro atoms. The first-order valence-corrected chi connectivity index (χ1v) is 11.6. The van der Waals surface area contributed by atoms with Crippen LogP contribution in [0.3, 0.4) is 0 Å². The third-order valence-electron chi connectivity index (χ3n) is 4.84. The Bertz CT molecular complexity index is 846. The van der Waals surface area contributed by atoms with E-state index < -0.39 is 9.84 Å². The monoisotopic (exact) mass is 406 g/mol. The number of sulfone groups is 1. The minimum atomic E-state index is -3.00. The summed E-state index contributed by atoms with van der Waals surface area (Å²) in [6.07, 6.45) is 5.63. The first-order valence-electron chi connectivity index (χ1n) is 9.36. The van der Waals surface area contributed by atoms with E-state index in [2.05, 4.69) is 24.4 Å². The number of unbranched alkanes of at least 4 members (excludes halogenated alkanes) is 1.